The molecule has 3 N–H and O–H groups in total. The second-order valence-electron chi connectivity index (χ2n) is 6.37. The van der Waals surface area contributed by atoms with Crippen LogP contribution in [0.5, 0.6) is 0 Å². The lowest BCUT2D eigenvalue weighted by Gasteiger charge is -2.19. The zero-order valence-electron chi connectivity index (χ0n) is 15.1. The van der Waals surface area contributed by atoms with Crippen LogP contribution in [0.1, 0.15) is 10.4 Å². The highest BCUT2D eigenvalue weighted by molar-refractivity contribution is 7.12. The SMILES string of the molecule is CO[C@H]1CN(c2nc3c(cc2F)c(=O)c(C(=O)O)cn3-c2nccs2)C[C@@H]1N.Cl. The standard InChI is InChI=1S/C17H16FN5O4S.ClH/c1-27-12-7-22(6-11(12)19)15-10(18)4-8-13(24)9(16(25)26)5-23(14(8)21-15)17-20-2-3-28-17;/h2-5,11-12H,6-7,19H2,1H3,(H,25,26);1H/t11-,12-;/m0./s1. The Hall–Kier alpha value is -2.60. The number of nitrogens with zero attached hydrogens (tertiary/aromatic N) is 4. The molecule has 0 aliphatic carbocycles. The molecule has 9 nitrogen and oxygen atoms in total. The molecule has 12 heteroatoms. The van der Waals surface area contributed by atoms with E-state index in [1.54, 1.807) is 10.3 Å². The third kappa shape index (κ3) is 3.57. The second kappa shape index (κ2) is 8.03. The number of ether oxygens (including phenoxy) is 1. The molecule has 4 rings (SSSR count). The molecule has 1 aliphatic rings. The summed E-state index contributed by atoms with van der Waals surface area (Å²) in [5, 5.41) is 11.3. The number of methoxy groups -OCH3 is 1. The predicted molar refractivity (Wildman–Crippen MR) is 108 cm³/mol. The maximum Gasteiger partial charge on any atom is 0.341 e. The van der Waals surface area contributed by atoms with Crippen LogP contribution in [-0.4, -0.2) is 58.0 Å². The minimum Gasteiger partial charge on any atom is -0.477 e. The first-order chi connectivity index (χ1) is 13.4. The monoisotopic (exact) mass is 441 g/mol. The van der Waals surface area contributed by atoms with Gasteiger partial charge >= 0.3 is 5.97 Å². The number of rotatable bonds is 4. The van der Waals surface area contributed by atoms with Crippen molar-refractivity contribution in [2.24, 2.45) is 5.73 Å². The fourth-order valence-electron chi connectivity index (χ4n) is 3.29. The Morgan fingerprint density at radius 2 is 2.21 bits per heavy atom. The zero-order valence-corrected chi connectivity index (χ0v) is 16.7. The van der Waals surface area contributed by atoms with Crippen LogP contribution in [0, 0.1) is 5.82 Å². The number of nitrogens with two attached hydrogens (primary N) is 1. The Labute approximate surface area is 174 Å². The lowest BCUT2D eigenvalue weighted by molar-refractivity contribution is 0.0695. The van der Waals surface area contributed by atoms with Gasteiger partial charge < -0.3 is 20.5 Å². The summed E-state index contributed by atoms with van der Waals surface area (Å²) in [5.74, 6) is -2.12. The summed E-state index contributed by atoms with van der Waals surface area (Å²) in [6, 6.07) is 0.708. The fourth-order valence-corrected chi connectivity index (χ4v) is 3.91. The summed E-state index contributed by atoms with van der Waals surface area (Å²) in [7, 11) is 1.53. The minimum atomic E-state index is -1.41. The van der Waals surface area contributed by atoms with Crippen molar-refractivity contribution in [3.05, 3.63) is 45.4 Å². The number of fused-ring (bicyclic) bond motifs is 1. The fraction of sp³-hybridized carbons (Fsp3) is 0.294. The quantitative estimate of drug-likeness (QED) is 0.620. The molecule has 0 aromatic carbocycles. The zero-order chi connectivity index (χ0) is 20.0. The largest absolute Gasteiger partial charge is 0.477 e. The molecule has 29 heavy (non-hydrogen) atoms. The number of thiazole rings is 1. The van der Waals surface area contributed by atoms with E-state index in [1.807, 2.05) is 0 Å². The van der Waals surface area contributed by atoms with Crippen LogP contribution in [0.3, 0.4) is 0 Å². The van der Waals surface area contributed by atoms with Gasteiger partial charge in [0, 0.05) is 38.0 Å². The Balaban J connectivity index is 0.00000240. The number of aromatic carboxylic acids is 1. The molecule has 4 heterocycles. The third-order valence-corrected chi connectivity index (χ3v) is 5.45. The van der Waals surface area contributed by atoms with Gasteiger partial charge in [-0.25, -0.2) is 19.2 Å². The Morgan fingerprint density at radius 1 is 1.45 bits per heavy atom. The molecule has 0 amide bonds. The molecule has 3 aromatic rings. The Bertz CT molecular complexity index is 1120. The van der Waals surface area contributed by atoms with E-state index in [2.05, 4.69) is 9.97 Å². The van der Waals surface area contributed by atoms with Crippen LogP contribution in [0.15, 0.2) is 28.6 Å². The molecule has 0 bridgehead atoms. The smallest absolute Gasteiger partial charge is 0.341 e. The summed E-state index contributed by atoms with van der Waals surface area (Å²) in [5.41, 5.74) is 4.85. The lowest BCUT2D eigenvalue weighted by Crippen LogP contribution is -2.34. The predicted octanol–water partition coefficient (Wildman–Crippen LogP) is 1.26. The van der Waals surface area contributed by atoms with E-state index in [0.717, 1.165) is 12.3 Å². The number of carbonyl (C=O) groups is 1. The molecule has 1 saturated heterocycles. The third-order valence-electron chi connectivity index (χ3n) is 4.68. The summed E-state index contributed by atoms with van der Waals surface area (Å²) in [6.45, 7) is 0.685. The van der Waals surface area contributed by atoms with Crippen molar-refractivity contribution < 1.29 is 19.0 Å². The van der Waals surface area contributed by atoms with Crippen LogP contribution in [-0.2, 0) is 4.74 Å². The van der Waals surface area contributed by atoms with Gasteiger partial charge in [-0.1, -0.05) is 0 Å². The molecule has 0 spiro atoms. The van der Waals surface area contributed by atoms with E-state index in [-0.39, 0.29) is 41.4 Å². The molecule has 0 saturated carbocycles. The van der Waals surface area contributed by atoms with Crippen LogP contribution < -0.4 is 16.1 Å². The van der Waals surface area contributed by atoms with Gasteiger partial charge in [-0.15, -0.1) is 23.7 Å². The normalized spacial score (nSPS) is 18.8. The van der Waals surface area contributed by atoms with Gasteiger partial charge in [0.2, 0.25) is 5.43 Å². The van der Waals surface area contributed by atoms with Crippen LogP contribution >= 0.6 is 23.7 Å². The van der Waals surface area contributed by atoms with Gasteiger partial charge in [-0.05, 0) is 6.07 Å². The maximum atomic E-state index is 14.8. The summed E-state index contributed by atoms with van der Waals surface area (Å²) in [4.78, 5) is 34.2. The van der Waals surface area contributed by atoms with Crippen LogP contribution in [0.25, 0.3) is 16.2 Å². The highest BCUT2D eigenvalue weighted by Gasteiger charge is 2.33. The molecule has 3 aromatic heterocycles. The number of pyridine rings is 2. The van der Waals surface area contributed by atoms with Gasteiger partial charge in [0.05, 0.1) is 17.5 Å². The van der Waals surface area contributed by atoms with Crippen molar-refractivity contribution in [1.29, 1.82) is 0 Å². The van der Waals surface area contributed by atoms with Crippen molar-refractivity contribution in [2.45, 2.75) is 12.1 Å². The average molecular weight is 442 g/mol. The number of hydrogen-bond acceptors (Lipinski definition) is 8. The first kappa shape index (κ1) is 21.1. The van der Waals surface area contributed by atoms with E-state index < -0.39 is 22.8 Å². The summed E-state index contributed by atoms with van der Waals surface area (Å²) in [6.07, 6.45) is 2.43. The molecular formula is C17H17ClFN5O4S. The van der Waals surface area contributed by atoms with Crippen LogP contribution in [0.2, 0.25) is 0 Å². The van der Waals surface area contributed by atoms with Gasteiger partial charge in [0.25, 0.3) is 0 Å². The van der Waals surface area contributed by atoms with Crippen molar-refractivity contribution in [3.8, 4) is 5.13 Å². The summed E-state index contributed by atoms with van der Waals surface area (Å²) >= 11 is 1.23. The second-order valence-corrected chi connectivity index (χ2v) is 7.24. The molecule has 1 fully saturated rings. The van der Waals surface area contributed by atoms with E-state index in [4.69, 9.17) is 10.5 Å². The summed E-state index contributed by atoms with van der Waals surface area (Å²) < 4.78 is 21.5. The maximum absolute atomic E-state index is 14.8. The molecule has 154 valence electrons. The minimum absolute atomic E-state index is 0. The molecule has 2 atom stereocenters. The van der Waals surface area contributed by atoms with Crippen molar-refractivity contribution >= 4 is 46.6 Å². The Kier molecular flexibility index (Phi) is 5.85. The number of aromatic nitrogens is 3. The highest BCUT2D eigenvalue weighted by atomic mass is 35.5. The topological polar surface area (TPSA) is 124 Å². The van der Waals surface area contributed by atoms with Gasteiger partial charge in [0.1, 0.15) is 5.56 Å². The molecular weight excluding hydrogens is 425 g/mol. The van der Waals surface area contributed by atoms with Crippen molar-refractivity contribution in [2.75, 3.05) is 25.1 Å². The molecule has 0 unspecified atom stereocenters. The van der Waals surface area contributed by atoms with Gasteiger partial charge in [0.15, 0.2) is 22.4 Å². The van der Waals surface area contributed by atoms with Crippen molar-refractivity contribution in [3.63, 3.8) is 0 Å². The number of hydrogen-bond donors (Lipinski definition) is 2. The number of anilines is 1. The number of halogens is 2. The highest BCUT2D eigenvalue weighted by Crippen LogP contribution is 2.27. The number of carboxylic acids is 1. The van der Waals surface area contributed by atoms with Crippen molar-refractivity contribution in [1.82, 2.24) is 14.5 Å². The Morgan fingerprint density at radius 3 is 2.79 bits per heavy atom. The lowest BCUT2D eigenvalue weighted by atomic mass is 10.2. The van der Waals surface area contributed by atoms with Gasteiger partial charge in [-0.2, -0.15) is 0 Å². The van der Waals surface area contributed by atoms with E-state index in [1.165, 1.54) is 29.2 Å². The van der Waals surface area contributed by atoms with E-state index in [9.17, 15) is 19.1 Å². The van der Waals surface area contributed by atoms with Crippen LogP contribution in [0.4, 0.5) is 10.2 Å². The van der Waals surface area contributed by atoms with E-state index >= 15 is 0 Å². The first-order valence-corrected chi connectivity index (χ1v) is 9.21. The average Bonchev–Trinajstić information content (AvgIpc) is 3.31. The first-order valence-electron chi connectivity index (χ1n) is 8.33. The van der Waals surface area contributed by atoms with E-state index in [0.29, 0.717) is 18.2 Å². The number of carboxylic acid groups (broad SMARTS) is 1. The molecule has 1 aliphatic heterocycles. The molecule has 0 radical (unpaired) electrons. The van der Waals surface area contributed by atoms with Gasteiger partial charge in [-0.3, -0.25) is 9.36 Å².